The fourth-order valence-corrected chi connectivity index (χ4v) is 1.51. The van der Waals surface area contributed by atoms with E-state index in [9.17, 15) is 17.6 Å². The van der Waals surface area contributed by atoms with Crippen LogP contribution < -0.4 is 5.46 Å². The van der Waals surface area contributed by atoms with Gasteiger partial charge in [-0.25, -0.2) is 4.39 Å². The lowest BCUT2D eigenvalue weighted by Crippen LogP contribution is -2.32. The van der Waals surface area contributed by atoms with Gasteiger partial charge in [0.15, 0.2) is 0 Å². The first-order chi connectivity index (χ1) is 8.19. The third-order valence-corrected chi connectivity index (χ3v) is 2.26. The van der Waals surface area contributed by atoms with E-state index in [-0.39, 0.29) is 17.6 Å². The van der Waals surface area contributed by atoms with Crippen molar-refractivity contribution < 1.29 is 27.6 Å². The molecule has 1 aromatic carbocycles. The van der Waals surface area contributed by atoms with Crippen LogP contribution in [0.15, 0.2) is 18.2 Å². The fourth-order valence-electron chi connectivity index (χ4n) is 1.51. The molecule has 0 amide bonds. The predicted molar refractivity (Wildman–Crippen MR) is 58.6 cm³/mol. The summed E-state index contributed by atoms with van der Waals surface area (Å²) in [7, 11) is -0.580. The second-order valence-electron chi connectivity index (χ2n) is 4.01. The largest absolute Gasteiger partial charge is 0.488 e. The van der Waals surface area contributed by atoms with Crippen molar-refractivity contribution in [1.82, 2.24) is 4.90 Å². The molecule has 0 fully saturated rings. The Balaban J connectivity index is 2.74. The molecule has 0 heterocycles. The van der Waals surface area contributed by atoms with Crippen molar-refractivity contribution in [2.75, 3.05) is 13.6 Å². The molecule has 0 aliphatic carbocycles. The third-order valence-electron chi connectivity index (χ3n) is 2.26. The second kappa shape index (κ2) is 5.68. The van der Waals surface area contributed by atoms with Crippen LogP contribution in [0.5, 0.6) is 0 Å². The summed E-state index contributed by atoms with van der Waals surface area (Å²) < 4.78 is 49.7. The van der Waals surface area contributed by atoms with Gasteiger partial charge in [-0.3, -0.25) is 4.90 Å². The van der Waals surface area contributed by atoms with Gasteiger partial charge in [-0.1, -0.05) is 12.1 Å². The summed E-state index contributed by atoms with van der Waals surface area (Å²) in [6, 6.07) is 3.38. The Labute approximate surface area is 102 Å². The molecule has 0 spiro atoms. The summed E-state index contributed by atoms with van der Waals surface area (Å²) in [4.78, 5) is 0.924. The standard InChI is InChI=1S/C10H12BF4NO2/c1-16(6-10(13,14)15)5-7-2-3-8(11(17)18)4-9(7)12/h2-4,17-18H,5-6H2,1H3. The van der Waals surface area contributed by atoms with Crippen LogP contribution in [0.25, 0.3) is 0 Å². The topological polar surface area (TPSA) is 43.7 Å². The van der Waals surface area contributed by atoms with Gasteiger partial charge in [0, 0.05) is 12.1 Å². The maximum absolute atomic E-state index is 13.5. The van der Waals surface area contributed by atoms with Gasteiger partial charge < -0.3 is 10.0 Å². The van der Waals surface area contributed by atoms with Gasteiger partial charge >= 0.3 is 13.3 Å². The average Bonchev–Trinajstić information content (AvgIpc) is 2.17. The van der Waals surface area contributed by atoms with Gasteiger partial charge in [0.1, 0.15) is 5.82 Å². The molecule has 8 heteroatoms. The molecule has 18 heavy (non-hydrogen) atoms. The molecular weight excluding hydrogens is 253 g/mol. The van der Waals surface area contributed by atoms with Gasteiger partial charge in [0.2, 0.25) is 0 Å². The molecular formula is C10H12BF4NO2. The Morgan fingerprint density at radius 1 is 1.28 bits per heavy atom. The number of hydrogen-bond donors (Lipinski definition) is 2. The lowest BCUT2D eigenvalue weighted by molar-refractivity contribution is -0.144. The number of rotatable bonds is 4. The van der Waals surface area contributed by atoms with E-state index in [4.69, 9.17) is 10.0 Å². The smallest absolute Gasteiger partial charge is 0.423 e. The summed E-state index contributed by atoms with van der Waals surface area (Å²) in [5.41, 5.74) is 0.0147. The molecule has 0 unspecified atom stereocenters. The minimum Gasteiger partial charge on any atom is -0.423 e. The summed E-state index contributed by atoms with van der Waals surface area (Å²) in [5.74, 6) is -0.769. The van der Waals surface area contributed by atoms with Gasteiger partial charge in [-0.05, 0) is 18.6 Å². The Kier molecular flexibility index (Phi) is 4.72. The molecule has 100 valence electrons. The van der Waals surface area contributed by atoms with Crippen molar-refractivity contribution in [3.63, 3.8) is 0 Å². The molecule has 1 aromatic rings. The van der Waals surface area contributed by atoms with Crippen LogP contribution in [0.3, 0.4) is 0 Å². The summed E-state index contributed by atoms with van der Waals surface area (Å²) in [6.07, 6.45) is -4.34. The minimum absolute atomic E-state index is 0.0466. The molecule has 0 saturated carbocycles. The summed E-state index contributed by atoms with van der Waals surface area (Å²) in [6.45, 7) is -1.36. The first kappa shape index (κ1) is 14.9. The van der Waals surface area contributed by atoms with Gasteiger partial charge in [-0.15, -0.1) is 0 Å². The summed E-state index contributed by atoms with van der Waals surface area (Å²) in [5, 5.41) is 17.6. The Hall–Kier alpha value is -1.12. The SMILES string of the molecule is CN(Cc1ccc(B(O)O)cc1F)CC(F)(F)F. The molecule has 0 aliphatic rings. The normalized spacial score (nSPS) is 12.0. The zero-order valence-corrected chi connectivity index (χ0v) is 9.58. The lowest BCUT2D eigenvalue weighted by atomic mass is 9.80. The van der Waals surface area contributed by atoms with Crippen LogP contribution in [-0.2, 0) is 6.54 Å². The van der Waals surface area contributed by atoms with E-state index in [1.807, 2.05) is 0 Å². The molecule has 0 aliphatic heterocycles. The molecule has 0 radical (unpaired) electrons. The van der Waals surface area contributed by atoms with E-state index < -0.39 is 25.7 Å². The number of benzene rings is 1. The van der Waals surface area contributed by atoms with E-state index in [0.29, 0.717) is 0 Å². The Morgan fingerprint density at radius 2 is 1.89 bits per heavy atom. The first-order valence-electron chi connectivity index (χ1n) is 5.09. The van der Waals surface area contributed by atoms with E-state index in [1.54, 1.807) is 0 Å². The van der Waals surface area contributed by atoms with E-state index in [1.165, 1.54) is 19.2 Å². The van der Waals surface area contributed by atoms with Gasteiger partial charge in [0.25, 0.3) is 0 Å². The number of halogens is 4. The molecule has 1 rings (SSSR count). The average molecular weight is 265 g/mol. The van der Waals surface area contributed by atoms with Crippen molar-refractivity contribution in [3.05, 3.63) is 29.6 Å². The maximum Gasteiger partial charge on any atom is 0.488 e. The predicted octanol–water partition coefficient (Wildman–Crippen LogP) is 0.500. The van der Waals surface area contributed by atoms with Gasteiger partial charge in [-0.2, -0.15) is 13.2 Å². The van der Waals surface area contributed by atoms with Crippen LogP contribution in [0, 0.1) is 5.82 Å². The second-order valence-corrected chi connectivity index (χ2v) is 4.01. The van der Waals surface area contributed by atoms with Crippen molar-refractivity contribution in [3.8, 4) is 0 Å². The van der Waals surface area contributed by atoms with Crippen LogP contribution in [0.1, 0.15) is 5.56 Å². The van der Waals surface area contributed by atoms with Crippen molar-refractivity contribution in [2.45, 2.75) is 12.7 Å². The van der Waals surface area contributed by atoms with Crippen LogP contribution >= 0.6 is 0 Å². The van der Waals surface area contributed by atoms with Crippen molar-refractivity contribution in [2.24, 2.45) is 0 Å². The minimum atomic E-state index is -4.34. The molecule has 0 bridgehead atoms. The highest BCUT2D eigenvalue weighted by Gasteiger charge is 2.29. The van der Waals surface area contributed by atoms with E-state index in [0.717, 1.165) is 11.0 Å². The zero-order chi connectivity index (χ0) is 13.9. The molecule has 0 atom stereocenters. The highest BCUT2D eigenvalue weighted by molar-refractivity contribution is 6.58. The summed E-state index contributed by atoms with van der Waals surface area (Å²) >= 11 is 0. The monoisotopic (exact) mass is 265 g/mol. The van der Waals surface area contributed by atoms with Crippen LogP contribution in [0.2, 0.25) is 0 Å². The maximum atomic E-state index is 13.5. The first-order valence-corrected chi connectivity index (χ1v) is 5.09. The van der Waals surface area contributed by atoms with Gasteiger partial charge in [0.05, 0.1) is 6.54 Å². The highest BCUT2D eigenvalue weighted by Crippen LogP contribution is 2.17. The van der Waals surface area contributed by atoms with Crippen molar-refractivity contribution >= 4 is 12.6 Å². The Bertz CT molecular complexity index is 411. The lowest BCUT2D eigenvalue weighted by Gasteiger charge is -2.19. The quantitative estimate of drug-likeness (QED) is 0.615. The van der Waals surface area contributed by atoms with E-state index in [2.05, 4.69) is 0 Å². The highest BCUT2D eigenvalue weighted by atomic mass is 19.4. The Morgan fingerprint density at radius 3 is 2.33 bits per heavy atom. The number of nitrogens with zero attached hydrogens (tertiary/aromatic N) is 1. The fraction of sp³-hybridized carbons (Fsp3) is 0.400. The molecule has 0 saturated heterocycles. The van der Waals surface area contributed by atoms with Crippen LogP contribution in [-0.4, -0.2) is 41.8 Å². The molecule has 2 N–H and O–H groups in total. The third kappa shape index (κ3) is 4.63. The van der Waals surface area contributed by atoms with Crippen LogP contribution in [0.4, 0.5) is 17.6 Å². The number of alkyl halides is 3. The van der Waals surface area contributed by atoms with Crippen molar-refractivity contribution in [1.29, 1.82) is 0 Å². The zero-order valence-electron chi connectivity index (χ0n) is 9.58. The molecule has 3 nitrogen and oxygen atoms in total. The van der Waals surface area contributed by atoms with E-state index >= 15 is 0 Å². The molecule has 0 aromatic heterocycles. The number of hydrogen-bond acceptors (Lipinski definition) is 3.